The zero-order chi connectivity index (χ0) is 16.4. The van der Waals surface area contributed by atoms with Crippen molar-refractivity contribution in [3.63, 3.8) is 0 Å². The van der Waals surface area contributed by atoms with E-state index >= 15 is 0 Å². The fourth-order valence-corrected chi connectivity index (χ4v) is 2.85. The maximum Gasteiger partial charge on any atom is 0.303 e. The molecule has 0 aromatic heterocycles. The summed E-state index contributed by atoms with van der Waals surface area (Å²) in [5.74, 6) is -0.311. The summed E-state index contributed by atoms with van der Waals surface area (Å²) in [5.41, 5.74) is 0.638. The lowest BCUT2D eigenvalue weighted by molar-refractivity contribution is -0.157. The predicted octanol–water partition coefficient (Wildman–Crippen LogP) is 2.47. The fraction of sp³-hybridized carbons (Fsp3) is 0.278. The van der Waals surface area contributed by atoms with E-state index in [1.54, 1.807) is 18.2 Å². The molecule has 3 rings (SSSR count). The summed E-state index contributed by atoms with van der Waals surface area (Å²) in [6.07, 6.45) is 1.60. The molecule has 0 aliphatic carbocycles. The number of aromatic hydroxyl groups is 1. The first-order valence-electron chi connectivity index (χ1n) is 7.42. The van der Waals surface area contributed by atoms with Gasteiger partial charge in [0.2, 0.25) is 0 Å². The van der Waals surface area contributed by atoms with Gasteiger partial charge in [0.1, 0.15) is 24.1 Å². The normalized spacial score (nSPS) is 23.8. The minimum atomic E-state index is -0.674. The molecule has 0 amide bonds. The standard InChI is InChI=1S/C18H18O5/c1-11(20)22-15-8-9-16(23-17(15)10-19)18-13-5-3-2-4-12(13)6-7-14(18)21/h2-9,15-17,19,21H,10H2,1H3/t15-,16-,17?/m0/s1. The Morgan fingerprint density at radius 1 is 1.22 bits per heavy atom. The van der Waals surface area contributed by atoms with Crippen LogP contribution in [0.15, 0.2) is 48.6 Å². The molecule has 1 heterocycles. The molecule has 0 bridgehead atoms. The molecule has 1 aliphatic rings. The smallest absolute Gasteiger partial charge is 0.303 e. The molecule has 0 radical (unpaired) electrons. The highest BCUT2D eigenvalue weighted by Crippen LogP contribution is 2.37. The van der Waals surface area contributed by atoms with Gasteiger partial charge in [-0.3, -0.25) is 4.79 Å². The molecule has 120 valence electrons. The lowest BCUT2D eigenvalue weighted by Crippen LogP contribution is -2.38. The van der Waals surface area contributed by atoms with Crippen molar-refractivity contribution in [2.45, 2.75) is 25.2 Å². The Labute approximate surface area is 133 Å². The first kappa shape index (κ1) is 15.5. The molecule has 2 aromatic rings. The van der Waals surface area contributed by atoms with Gasteiger partial charge in [0.05, 0.1) is 6.61 Å². The second-order valence-corrected chi connectivity index (χ2v) is 5.46. The number of hydrogen-bond acceptors (Lipinski definition) is 5. The predicted molar refractivity (Wildman–Crippen MR) is 85.0 cm³/mol. The van der Waals surface area contributed by atoms with E-state index in [0.717, 1.165) is 10.8 Å². The van der Waals surface area contributed by atoms with E-state index in [1.807, 2.05) is 30.3 Å². The number of carbonyl (C=O) groups is 1. The molecule has 2 aromatic carbocycles. The number of fused-ring (bicyclic) bond motifs is 1. The molecule has 0 saturated heterocycles. The zero-order valence-electron chi connectivity index (χ0n) is 12.7. The molecule has 0 saturated carbocycles. The molecule has 1 aliphatic heterocycles. The topological polar surface area (TPSA) is 76.0 Å². The number of phenols is 1. The van der Waals surface area contributed by atoms with Gasteiger partial charge in [0, 0.05) is 12.5 Å². The molecule has 1 unspecified atom stereocenters. The van der Waals surface area contributed by atoms with Gasteiger partial charge in [-0.25, -0.2) is 0 Å². The van der Waals surface area contributed by atoms with Gasteiger partial charge in [-0.1, -0.05) is 36.4 Å². The lowest BCUT2D eigenvalue weighted by Gasteiger charge is -2.31. The lowest BCUT2D eigenvalue weighted by atomic mass is 9.96. The van der Waals surface area contributed by atoms with E-state index in [9.17, 15) is 15.0 Å². The van der Waals surface area contributed by atoms with Gasteiger partial charge in [-0.15, -0.1) is 0 Å². The Morgan fingerprint density at radius 3 is 2.74 bits per heavy atom. The molecule has 3 atom stereocenters. The summed E-state index contributed by atoms with van der Waals surface area (Å²) < 4.78 is 11.0. The molecule has 23 heavy (non-hydrogen) atoms. The fourth-order valence-electron chi connectivity index (χ4n) is 2.85. The van der Waals surface area contributed by atoms with E-state index in [1.165, 1.54) is 6.92 Å². The van der Waals surface area contributed by atoms with E-state index < -0.39 is 24.3 Å². The van der Waals surface area contributed by atoms with Gasteiger partial charge in [0.25, 0.3) is 0 Å². The SMILES string of the molecule is CC(=O)O[C@H]1C=C[C@@H](c2c(O)ccc3ccccc23)OC1CO. The average Bonchev–Trinajstić information content (AvgIpc) is 2.55. The van der Waals surface area contributed by atoms with Gasteiger partial charge >= 0.3 is 5.97 Å². The van der Waals surface area contributed by atoms with E-state index in [4.69, 9.17) is 9.47 Å². The van der Waals surface area contributed by atoms with E-state index in [2.05, 4.69) is 0 Å². The summed E-state index contributed by atoms with van der Waals surface area (Å²) >= 11 is 0. The summed E-state index contributed by atoms with van der Waals surface area (Å²) in [6.45, 7) is 1.02. The number of rotatable bonds is 3. The van der Waals surface area contributed by atoms with Gasteiger partial charge in [0.15, 0.2) is 0 Å². The minimum absolute atomic E-state index is 0.126. The van der Waals surface area contributed by atoms with Crippen molar-refractivity contribution in [3.05, 3.63) is 54.1 Å². The van der Waals surface area contributed by atoms with Gasteiger partial charge in [-0.2, -0.15) is 0 Å². The Kier molecular flexibility index (Phi) is 4.32. The number of aliphatic hydroxyl groups excluding tert-OH is 1. The van der Waals surface area contributed by atoms with Gasteiger partial charge < -0.3 is 19.7 Å². The van der Waals surface area contributed by atoms with Crippen molar-refractivity contribution in [2.75, 3.05) is 6.61 Å². The average molecular weight is 314 g/mol. The van der Waals surface area contributed by atoms with Crippen LogP contribution in [0.25, 0.3) is 10.8 Å². The summed E-state index contributed by atoms with van der Waals surface area (Å²) in [7, 11) is 0. The van der Waals surface area contributed by atoms with Crippen molar-refractivity contribution in [1.82, 2.24) is 0 Å². The van der Waals surface area contributed by atoms with Crippen LogP contribution in [0.2, 0.25) is 0 Å². The van der Waals surface area contributed by atoms with Crippen molar-refractivity contribution in [3.8, 4) is 5.75 Å². The van der Waals surface area contributed by atoms with Crippen LogP contribution in [-0.4, -0.2) is 35.0 Å². The van der Waals surface area contributed by atoms with Crippen LogP contribution in [0.1, 0.15) is 18.6 Å². The summed E-state index contributed by atoms with van der Waals surface area (Å²) in [6, 6.07) is 11.1. The third kappa shape index (κ3) is 3.06. The molecule has 5 nitrogen and oxygen atoms in total. The highest BCUT2D eigenvalue weighted by molar-refractivity contribution is 5.88. The van der Waals surface area contributed by atoms with Crippen LogP contribution >= 0.6 is 0 Å². The molecule has 0 fully saturated rings. The highest BCUT2D eigenvalue weighted by Gasteiger charge is 2.31. The highest BCUT2D eigenvalue weighted by atomic mass is 16.6. The third-order valence-corrected chi connectivity index (χ3v) is 3.88. The Morgan fingerprint density at radius 2 is 2.00 bits per heavy atom. The van der Waals surface area contributed by atoms with E-state index in [-0.39, 0.29) is 12.4 Å². The number of carbonyl (C=O) groups excluding carboxylic acids is 1. The second kappa shape index (κ2) is 6.40. The number of hydrogen-bond donors (Lipinski definition) is 2. The number of benzene rings is 2. The Hall–Kier alpha value is -2.37. The molecule has 2 N–H and O–H groups in total. The van der Waals surface area contributed by atoms with Gasteiger partial charge in [-0.05, 0) is 22.9 Å². The largest absolute Gasteiger partial charge is 0.508 e. The number of ether oxygens (including phenoxy) is 2. The van der Waals surface area contributed by atoms with Crippen LogP contribution < -0.4 is 0 Å². The first-order chi connectivity index (χ1) is 11.1. The quantitative estimate of drug-likeness (QED) is 0.672. The first-order valence-corrected chi connectivity index (χ1v) is 7.42. The zero-order valence-corrected chi connectivity index (χ0v) is 12.7. The molecule has 5 heteroatoms. The maximum atomic E-state index is 11.1. The monoisotopic (exact) mass is 314 g/mol. The minimum Gasteiger partial charge on any atom is -0.508 e. The van der Waals surface area contributed by atoms with Crippen LogP contribution in [0, 0.1) is 0 Å². The van der Waals surface area contributed by atoms with Crippen LogP contribution in [-0.2, 0) is 14.3 Å². The second-order valence-electron chi connectivity index (χ2n) is 5.46. The molecular formula is C18H18O5. The Balaban J connectivity index is 2.00. The van der Waals surface area contributed by atoms with Crippen LogP contribution in [0.5, 0.6) is 5.75 Å². The number of phenolic OH excluding ortho intramolecular Hbond substituents is 1. The van der Waals surface area contributed by atoms with Crippen molar-refractivity contribution >= 4 is 16.7 Å². The van der Waals surface area contributed by atoms with Crippen LogP contribution in [0.3, 0.4) is 0 Å². The van der Waals surface area contributed by atoms with Crippen LogP contribution in [0.4, 0.5) is 0 Å². The third-order valence-electron chi connectivity index (χ3n) is 3.88. The van der Waals surface area contributed by atoms with E-state index in [0.29, 0.717) is 5.56 Å². The van der Waals surface area contributed by atoms with Crippen molar-refractivity contribution in [1.29, 1.82) is 0 Å². The molecule has 0 spiro atoms. The molecular weight excluding hydrogens is 296 g/mol. The maximum absolute atomic E-state index is 11.1. The van der Waals surface area contributed by atoms with Crippen molar-refractivity contribution < 1.29 is 24.5 Å². The van der Waals surface area contributed by atoms with Crippen molar-refractivity contribution in [2.24, 2.45) is 0 Å². The Bertz CT molecular complexity index is 752. The number of aliphatic hydroxyl groups is 1. The number of esters is 1. The summed E-state index contributed by atoms with van der Waals surface area (Å²) in [5, 5.41) is 21.6. The summed E-state index contributed by atoms with van der Waals surface area (Å²) in [4.78, 5) is 11.1.